The van der Waals surface area contributed by atoms with Gasteiger partial charge in [0.05, 0.1) is 5.69 Å². The van der Waals surface area contributed by atoms with Gasteiger partial charge in [0.2, 0.25) is 0 Å². The lowest BCUT2D eigenvalue weighted by Gasteiger charge is -2.21. The van der Waals surface area contributed by atoms with Crippen LogP contribution in [0.3, 0.4) is 0 Å². The predicted octanol–water partition coefficient (Wildman–Crippen LogP) is 5.05. The predicted molar refractivity (Wildman–Crippen MR) is 130 cm³/mol. The summed E-state index contributed by atoms with van der Waals surface area (Å²) < 4.78 is 38.6. The van der Waals surface area contributed by atoms with Gasteiger partial charge < -0.3 is 24.4 Å². The van der Waals surface area contributed by atoms with Crippen molar-refractivity contribution in [3.63, 3.8) is 0 Å². The van der Waals surface area contributed by atoms with Crippen LogP contribution in [0.5, 0.6) is 17.2 Å². The fourth-order valence-corrected chi connectivity index (χ4v) is 4.03. The number of ether oxygens (including phenoxy) is 2. The van der Waals surface area contributed by atoms with Crippen molar-refractivity contribution < 1.29 is 28.2 Å². The van der Waals surface area contributed by atoms with Crippen LogP contribution in [0.4, 0.5) is 14.5 Å². The Kier molecular flexibility index (Phi) is 7.51. The van der Waals surface area contributed by atoms with Gasteiger partial charge in [-0.2, -0.15) is 0 Å². The number of likely N-dealkylation sites (N-methyl/N-ethyl adjacent to an activating group) is 1. The van der Waals surface area contributed by atoms with Crippen LogP contribution in [0, 0.1) is 0 Å². The molecule has 1 amide bonds. The molecule has 0 bridgehead atoms. The van der Waals surface area contributed by atoms with E-state index in [4.69, 9.17) is 9.47 Å². The number of hydrogen-bond acceptors (Lipinski definition) is 5. The van der Waals surface area contributed by atoms with E-state index in [1.165, 1.54) is 4.90 Å². The standard InChI is InChI=1S/C27H28F2N2O4/c1-30(2)13-14-34-23-10-6-9-21-20(23)11-12-31(21)27(33)25-22(32)15-19(26(28)29)16-24(25)35-17-18-7-4-3-5-8-18/h3-10,15-16,26,32H,11-14,17H2,1-2H3. The van der Waals surface area contributed by atoms with Crippen LogP contribution in [0.1, 0.15) is 33.5 Å². The smallest absolute Gasteiger partial charge is 0.265 e. The zero-order valence-electron chi connectivity index (χ0n) is 19.7. The number of anilines is 1. The average Bonchev–Trinajstić information content (AvgIpc) is 3.27. The van der Waals surface area contributed by atoms with Crippen molar-refractivity contribution in [3.8, 4) is 17.2 Å². The molecule has 8 heteroatoms. The number of aromatic hydroxyl groups is 1. The van der Waals surface area contributed by atoms with Gasteiger partial charge in [-0.05, 0) is 50.3 Å². The number of nitrogens with zero attached hydrogens (tertiary/aromatic N) is 2. The fourth-order valence-electron chi connectivity index (χ4n) is 4.03. The van der Waals surface area contributed by atoms with Crippen LogP contribution < -0.4 is 14.4 Å². The Labute approximate surface area is 203 Å². The summed E-state index contributed by atoms with van der Waals surface area (Å²) in [5, 5.41) is 10.6. The highest BCUT2D eigenvalue weighted by Crippen LogP contribution is 2.40. The second-order valence-electron chi connectivity index (χ2n) is 8.60. The van der Waals surface area contributed by atoms with Gasteiger partial charge in [-0.25, -0.2) is 8.78 Å². The lowest BCUT2D eigenvalue weighted by molar-refractivity contribution is 0.0981. The Morgan fingerprint density at radius 2 is 1.83 bits per heavy atom. The number of carbonyl (C=O) groups excluding carboxylic acids is 1. The number of phenols is 1. The summed E-state index contributed by atoms with van der Waals surface area (Å²) in [5.41, 5.74) is 1.82. The number of phenolic OH excluding ortho intramolecular Hbond substituents is 1. The molecular formula is C27H28F2N2O4. The second-order valence-corrected chi connectivity index (χ2v) is 8.60. The molecule has 1 aliphatic heterocycles. The van der Waals surface area contributed by atoms with E-state index in [1.54, 1.807) is 0 Å². The van der Waals surface area contributed by atoms with Gasteiger partial charge in [0, 0.05) is 24.2 Å². The normalized spacial score (nSPS) is 12.8. The molecular weight excluding hydrogens is 454 g/mol. The molecule has 0 spiro atoms. The van der Waals surface area contributed by atoms with Gasteiger partial charge in [-0.1, -0.05) is 36.4 Å². The molecule has 0 aromatic heterocycles. The maximum absolute atomic E-state index is 13.6. The molecule has 0 unspecified atom stereocenters. The van der Waals surface area contributed by atoms with E-state index in [2.05, 4.69) is 0 Å². The Morgan fingerprint density at radius 3 is 2.54 bits per heavy atom. The van der Waals surface area contributed by atoms with Crippen LogP contribution in [-0.4, -0.2) is 49.7 Å². The molecule has 3 aromatic carbocycles. The quantitative estimate of drug-likeness (QED) is 0.462. The minimum Gasteiger partial charge on any atom is -0.507 e. The van der Waals surface area contributed by atoms with Crippen molar-refractivity contribution in [3.05, 3.63) is 82.9 Å². The summed E-state index contributed by atoms with van der Waals surface area (Å²) in [5.74, 6) is -0.434. The van der Waals surface area contributed by atoms with Gasteiger partial charge in [0.25, 0.3) is 12.3 Å². The Hall–Kier alpha value is -3.65. The summed E-state index contributed by atoms with van der Waals surface area (Å²) in [6.45, 7) is 1.69. The van der Waals surface area contributed by atoms with Crippen molar-refractivity contribution >= 4 is 11.6 Å². The second kappa shape index (κ2) is 10.7. The number of carbonyl (C=O) groups is 1. The molecule has 0 saturated heterocycles. The topological polar surface area (TPSA) is 62.2 Å². The first-order valence-corrected chi connectivity index (χ1v) is 11.4. The molecule has 1 aliphatic rings. The highest BCUT2D eigenvalue weighted by Gasteiger charge is 2.32. The molecule has 1 heterocycles. The highest BCUT2D eigenvalue weighted by atomic mass is 19.3. The average molecular weight is 483 g/mol. The summed E-state index contributed by atoms with van der Waals surface area (Å²) in [6, 6.07) is 16.7. The molecule has 3 aromatic rings. The number of amides is 1. The van der Waals surface area contributed by atoms with E-state index >= 15 is 0 Å². The Bertz CT molecular complexity index is 1190. The summed E-state index contributed by atoms with van der Waals surface area (Å²) >= 11 is 0. The lowest BCUT2D eigenvalue weighted by Crippen LogP contribution is -2.29. The molecule has 184 valence electrons. The Balaban J connectivity index is 1.63. The van der Waals surface area contributed by atoms with Crippen LogP contribution in [0.2, 0.25) is 0 Å². The van der Waals surface area contributed by atoms with E-state index in [1.807, 2.05) is 67.5 Å². The van der Waals surface area contributed by atoms with Gasteiger partial charge in [0.1, 0.15) is 36.0 Å². The molecule has 1 N–H and O–H groups in total. The lowest BCUT2D eigenvalue weighted by atomic mass is 10.1. The zero-order valence-corrected chi connectivity index (χ0v) is 19.7. The highest BCUT2D eigenvalue weighted by molar-refractivity contribution is 6.11. The summed E-state index contributed by atoms with van der Waals surface area (Å²) in [7, 11) is 3.92. The van der Waals surface area contributed by atoms with Crippen LogP contribution in [0.25, 0.3) is 0 Å². The van der Waals surface area contributed by atoms with Crippen LogP contribution in [0.15, 0.2) is 60.7 Å². The van der Waals surface area contributed by atoms with E-state index < -0.39 is 23.6 Å². The molecule has 0 fully saturated rings. The maximum atomic E-state index is 13.6. The number of halogens is 2. The van der Waals surface area contributed by atoms with Gasteiger partial charge in [0.15, 0.2) is 0 Å². The monoisotopic (exact) mass is 482 g/mol. The van der Waals surface area contributed by atoms with Crippen molar-refractivity contribution in [1.29, 1.82) is 0 Å². The van der Waals surface area contributed by atoms with Crippen molar-refractivity contribution in [2.24, 2.45) is 0 Å². The van der Waals surface area contributed by atoms with E-state index in [9.17, 15) is 18.7 Å². The molecule has 0 radical (unpaired) electrons. The molecule has 0 atom stereocenters. The number of rotatable bonds is 9. The van der Waals surface area contributed by atoms with Crippen LogP contribution >= 0.6 is 0 Å². The minimum atomic E-state index is -2.82. The molecule has 6 nitrogen and oxygen atoms in total. The zero-order chi connectivity index (χ0) is 24.9. The van der Waals surface area contributed by atoms with Crippen molar-refractivity contribution in [1.82, 2.24) is 4.90 Å². The third kappa shape index (κ3) is 5.54. The van der Waals surface area contributed by atoms with Crippen molar-refractivity contribution in [2.45, 2.75) is 19.5 Å². The van der Waals surface area contributed by atoms with E-state index in [0.717, 1.165) is 29.8 Å². The van der Waals surface area contributed by atoms with Crippen LogP contribution in [-0.2, 0) is 13.0 Å². The first-order chi connectivity index (χ1) is 16.8. The fraction of sp³-hybridized carbons (Fsp3) is 0.296. The van der Waals surface area contributed by atoms with E-state index in [0.29, 0.717) is 31.0 Å². The summed E-state index contributed by atoms with van der Waals surface area (Å²) in [4.78, 5) is 17.2. The molecule has 0 saturated carbocycles. The number of hydrogen-bond donors (Lipinski definition) is 1. The molecule has 4 rings (SSSR count). The largest absolute Gasteiger partial charge is 0.507 e. The Morgan fingerprint density at radius 1 is 1.06 bits per heavy atom. The maximum Gasteiger partial charge on any atom is 0.265 e. The van der Waals surface area contributed by atoms with Gasteiger partial charge >= 0.3 is 0 Å². The minimum absolute atomic E-state index is 0.0632. The number of alkyl halides is 2. The first-order valence-electron chi connectivity index (χ1n) is 11.4. The van der Waals surface area contributed by atoms with E-state index in [-0.39, 0.29) is 17.9 Å². The third-order valence-electron chi connectivity index (χ3n) is 5.83. The SMILES string of the molecule is CN(C)CCOc1cccc2c1CCN2C(=O)c1c(O)cc(C(F)F)cc1OCc1ccccc1. The first kappa shape index (κ1) is 24.5. The third-order valence-corrected chi connectivity index (χ3v) is 5.83. The molecule has 0 aliphatic carbocycles. The number of benzene rings is 3. The van der Waals surface area contributed by atoms with Gasteiger partial charge in [-0.15, -0.1) is 0 Å². The summed E-state index contributed by atoms with van der Waals surface area (Å²) in [6.07, 6.45) is -2.24. The molecule has 35 heavy (non-hydrogen) atoms. The number of fused-ring (bicyclic) bond motifs is 1. The van der Waals surface area contributed by atoms with Gasteiger partial charge in [-0.3, -0.25) is 4.79 Å². The van der Waals surface area contributed by atoms with Crippen molar-refractivity contribution in [2.75, 3.05) is 38.7 Å².